The quantitative estimate of drug-likeness (QED) is 0.685. The average Bonchev–Trinajstić information content (AvgIpc) is 2.85. The highest BCUT2D eigenvalue weighted by atomic mass is 19.1. The fourth-order valence-electron chi connectivity index (χ4n) is 1.65. The van der Waals surface area contributed by atoms with Crippen LogP contribution in [0.4, 0.5) is 15.8 Å². The number of nitro groups is 1. The van der Waals surface area contributed by atoms with Gasteiger partial charge in [0.25, 0.3) is 11.6 Å². The Kier molecular flexibility index (Phi) is 3.74. The number of hydrogen-bond acceptors (Lipinski definition) is 4. The standard InChI is InChI=1S/C12H11FN4O3/c1-2-16-7-9(6-14-16)15-12(18)10-5-8(13)3-4-11(10)17(19)20/h3-7H,2H2,1H3,(H,15,18). The molecule has 8 heteroatoms. The molecule has 1 aromatic heterocycles. The van der Waals surface area contributed by atoms with Crippen molar-refractivity contribution >= 4 is 17.3 Å². The number of aromatic nitrogens is 2. The lowest BCUT2D eigenvalue weighted by molar-refractivity contribution is -0.385. The Bertz CT molecular complexity index is 668. The molecule has 0 fully saturated rings. The molecule has 104 valence electrons. The molecule has 20 heavy (non-hydrogen) atoms. The van der Waals surface area contributed by atoms with E-state index in [0.29, 0.717) is 12.2 Å². The van der Waals surface area contributed by atoms with E-state index in [1.165, 1.54) is 6.20 Å². The zero-order valence-electron chi connectivity index (χ0n) is 10.5. The van der Waals surface area contributed by atoms with Crippen LogP contribution in [0.3, 0.4) is 0 Å². The lowest BCUT2D eigenvalue weighted by atomic mass is 10.1. The molecule has 1 N–H and O–H groups in total. The Morgan fingerprint density at radius 2 is 2.30 bits per heavy atom. The number of carbonyl (C=O) groups excluding carboxylic acids is 1. The van der Waals surface area contributed by atoms with Gasteiger partial charge in [-0.15, -0.1) is 0 Å². The molecule has 0 aliphatic heterocycles. The molecule has 0 radical (unpaired) electrons. The Hall–Kier alpha value is -2.77. The number of amides is 1. The van der Waals surface area contributed by atoms with Gasteiger partial charge in [-0.05, 0) is 19.1 Å². The van der Waals surface area contributed by atoms with Crippen molar-refractivity contribution in [3.05, 3.63) is 52.1 Å². The zero-order valence-corrected chi connectivity index (χ0v) is 10.5. The highest BCUT2D eigenvalue weighted by molar-refractivity contribution is 6.06. The maximum atomic E-state index is 13.1. The largest absolute Gasteiger partial charge is 0.319 e. The molecule has 2 aromatic rings. The van der Waals surface area contributed by atoms with Gasteiger partial charge in [-0.3, -0.25) is 19.6 Å². The Labute approximate surface area is 113 Å². The molecule has 0 aliphatic rings. The molecule has 0 saturated heterocycles. The van der Waals surface area contributed by atoms with Crippen LogP contribution in [0, 0.1) is 15.9 Å². The molecule has 0 saturated carbocycles. The number of anilines is 1. The molecule has 0 spiro atoms. The van der Waals surface area contributed by atoms with Crippen LogP contribution >= 0.6 is 0 Å². The van der Waals surface area contributed by atoms with E-state index >= 15 is 0 Å². The molecule has 0 atom stereocenters. The summed E-state index contributed by atoms with van der Waals surface area (Å²) in [7, 11) is 0. The van der Waals surface area contributed by atoms with Gasteiger partial charge < -0.3 is 5.32 Å². The number of nitro benzene ring substituents is 1. The monoisotopic (exact) mass is 278 g/mol. The smallest absolute Gasteiger partial charge is 0.282 e. The predicted molar refractivity (Wildman–Crippen MR) is 68.9 cm³/mol. The maximum absolute atomic E-state index is 13.1. The second-order valence-corrected chi connectivity index (χ2v) is 3.96. The molecule has 0 aliphatic carbocycles. The van der Waals surface area contributed by atoms with Crippen molar-refractivity contribution in [1.82, 2.24) is 9.78 Å². The van der Waals surface area contributed by atoms with Crippen LogP contribution in [0.15, 0.2) is 30.6 Å². The van der Waals surface area contributed by atoms with E-state index in [2.05, 4.69) is 10.4 Å². The predicted octanol–water partition coefficient (Wildman–Crippen LogP) is 2.20. The summed E-state index contributed by atoms with van der Waals surface area (Å²) in [5, 5.41) is 17.2. The van der Waals surface area contributed by atoms with Gasteiger partial charge in [0.15, 0.2) is 0 Å². The average molecular weight is 278 g/mol. The van der Waals surface area contributed by atoms with E-state index in [1.54, 1.807) is 10.9 Å². The minimum absolute atomic E-state index is 0.334. The van der Waals surface area contributed by atoms with Gasteiger partial charge in [0.05, 0.1) is 16.8 Å². The molecule has 2 rings (SSSR count). The Balaban J connectivity index is 2.28. The summed E-state index contributed by atoms with van der Waals surface area (Å²) in [4.78, 5) is 22.1. The lowest BCUT2D eigenvalue weighted by Crippen LogP contribution is -2.14. The molecule has 1 amide bonds. The molecular formula is C12H11FN4O3. The van der Waals surface area contributed by atoms with Crippen LogP contribution in [0.25, 0.3) is 0 Å². The van der Waals surface area contributed by atoms with Gasteiger partial charge in [-0.1, -0.05) is 0 Å². The van der Waals surface area contributed by atoms with Crippen molar-refractivity contribution in [1.29, 1.82) is 0 Å². The van der Waals surface area contributed by atoms with Gasteiger partial charge in [-0.25, -0.2) is 4.39 Å². The van der Waals surface area contributed by atoms with Gasteiger partial charge in [0.2, 0.25) is 0 Å². The summed E-state index contributed by atoms with van der Waals surface area (Å²) >= 11 is 0. The fraction of sp³-hybridized carbons (Fsp3) is 0.167. The normalized spacial score (nSPS) is 10.3. The molecule has 1 aromatic carbocycles. The molecule has 0 unspecified atom stereocenters. The van der Waals surface area contributed by atoms with E-state index < -0.39 is 22.3 Å². The van der Waals surface area contributed by atoms with Crippen LogP contribution in [0.5, 0.6) is 0 Å². The van der Waals surface area contributed by atoms with Crippen LogP contribution in [-0.2, 0) is 6.54 Å². The number of nitrogens with one attached hydrogen (secondary N) is 1. The first-order chi connectivity index (χ1) is 9.51. The first-order valence-corrected chi connectivity index (χ1v) is 5.79. The van der Waals surface area contributed by atoms with Crippen LogP contribution < -0.4 is 5.32 Å². The molecule has 0 bridgehead atoms. The number of nitrogens with zero attached hydrogens (tertiary/aromatic N) is 3. The van der Waals surface area contributed by atoms with Crippen LogP contribution in [-0.4, -0.2) is 20.6 Å². The van der Waals surface area contributed by atoms with Crippen molar-refractivity contribution in [3.8, 4) is 0 Å². The number of aryl methyl sites for hydroxylation is 1. The van der Waals surface area contributed by atoms with E-state index in [1.807, 2.05) is 6.92 Å². The summed E-state index contributed by atoms with van der Waals surface area (Å²) in [5.41, 5.74) is -0.401. The fourth-order valence-corrected chi connectivity index (χ4v) is 1.65. The summed E-state index contributed by atoms with van der Waals surface area (Å²) < 4.78 is 14.7. The number of hydrogen-bond donors (Lipinski definition) is 1. The summed E-state index contributed by atoms with van der Waals surface area (Å²) in [6.45, 7) is 2.49. The third-order valence-electron chi connectivity index (χ3n) is 2.62. The molecule has 7 nitrogen and oxygen atoms in total. The van der Waals surface area contributed by atoms with Crippen molar-refractivity contribution in [2.45, 2.75) is 13.5 Å². The van der Waals surface area contributed by atoms with E-state index in [0.717, 1.165) is 18.2 Å². The number of benzene rings is 1. The van der Waals surface area contributed by atoms with Crippen LogP contribution in [0.2, 0.25) is 0 Å². The van der Waals surface area contributed by atoms with Crippen molar-refractivity contribution in [2.75, 3.05) is 5.32 Å². The summed E-state index contributed by atoms with van der Waals surface area (Å²) in [6.07, 6.45) is 2.98. The van der Waals surface area contributed by atoms with E-state index in [-0.39, 0.29) is 5.56 Å². The maximum Gasteiger partial charge on any atom is 0.282 e. The van der Waals surface area contributed by atoms with Crippen molar-refractivity contribution in [3.63, 3.8) is 0 Å². The SMILES string of the molecule is CCn1cc(NC(=O)c2cc(F)ccc2[N+](=O)[O-])cn1. The van der Waals surface area contributed by atoms with Gasteiger partial charge >= 0.3 is 0 Å². The van der Waals surface area contributed by atoms with Gasteiger partial charge in [0.1, 0.15) is 11.4 Å². The highest BCUT2D eigenvalue weighted by Gasteiger charge is 2.21. The van der Waals surface area contributed by atoms with Crippen LogP contribution in [0.1, 0.15) is 17.3 Å². The summed E-state index contributed by atoms with van der Waals surface area (Å²) in [6, 6.07) is 2.72. The molecule has 1 heterocycles. The minimum Gasteiger partial charge on any atom is -0.319 e. The minimum atomic E-state index is -0.758. The molecular weight excluding hydrogens is 267 g/mol. The third kappa shape index (κ3) is 2.79. The van der Waals surface area contributed by atoms with Crippen molar-refractivity contribution < 1.29 is 14.1 Å². The highest BCUT2D eigenvalue weighted by Crippen LogP contribution is 2.20. The number of halogens is 1. The topological polar surface area (TPSA) is 90.1 Å². The van der Waals surface area contributed by atoms with Crippen molar-refractivity contribution in [2.24, 2.45) is 0 Å². The summed E-state index contributed by atoms with van der Waals surface area (Å²) in [5.74, 6) is -1.48. The first kappa shape index (κ1) is 13.7. The van der Waals surface area contributed by atoms with Gasteiger partial charge in [-0.2, -0.15) is 5.10 Å². The second kappa shape index (κ2) is 5.47. The zero-order chi connectivity index (χ0) is 14.7. The Morgan fingerprint density at radius 1 is 1.55 bits per heavy atom. The number of rotatable bonds is 4. The van der Waals surface area contributed by atoms with Gasteiger partial charge in [0, 0.05) is 18.8 Å². The van der Waals surface area contributed by atoms with E-state index in [4.69, 9.17) is 0 Å². The lowest BCUT2D eigenvalue weighted by Gasteiger charge is -2.03. The van der Waals surface area contributed by atoms with E-state index in [9.17, 15) is 19.3 Å². The Morgan fingerprint density at radius 3 is 2.90 bits per heavy atom. The third-order valence-corrected chi connectivity index (χ3v) is 2.62. The second-order valence-electron chi connectivity index (χ2n) is 3.96. The first-order valence-electron chi connectivity index (χ1n) is 5.79. The number of carbonyl (C=O) groups is 1.